The lowest BCUT2D eigenvalue weighted by atomic mass is 10.1. The summed E-state index contributed by atoms with van der Waals surface area (Å²) in [6, 6.07) is 12.4. The smallest absolute Gasteiger partial charge is 0.0934 e. The third kappa shape index (κ3) is 2.65. The number of thiophene rings is 1. The summed E-state index contributed by atoms with van der Waals surface area (Å²) in [5, 5.41) is 7.47. The second kappa shape index (κ2) is 5.81. The van der Waals surface area contributed by atoms with Gasteiger partial charge in [0.1, 0.15) is 0 Å². The Kier molecular flexibility index (Phi) is 3.90. The predicted molar refractivity (Wildman–Crippen MR) is 87.7 cm³/mol. The van der Waals surface area contributed by atoms with Crippen molar-refractivity contribution < 1.29 is 0 Å². The minimum atomic E-state index is 0.290. The zero-order valence-corrected chi connectivity index (χ0v) is 12.7. The molecule has 0 aliphatic rings. The number of pyridine rings is 1. The number of hydrogen-bond acceptors (Lipinski definition) is 3. The van der Waals surface area contributed by atoms with Crippen LogP contribution in [0.25, 0.3) is 10.9 Å². The van der Waals surface area contributed by atoms with E-state index in [1.807, 2.05) is 30.5 Å². The fourth-order valence-corrected chi connectivity index (χ4v) is 3.41. The van der Waals surface area contributed by atoms with E-state index in [2.05, 4.69) is 34.7 Å². The van der Waals surface area contributed by atoms with Crippen molar-refractivity contribution in [3.63, 3.8) is 0 Å². The van der Waals surface area contributed by atoms with Gasteiger partial charge in [-0.15, -0.1) is 11.3 Å². The van der Waals surface area contributed by atoms with Gasteiger partial charge in [0.05, 0.1) is 17.2 Å². The van der Waals surface area contributed by atoms with Crippen LogP contribution in [0.3, 0.4) is 0 Å². The van der Waals surface area contributed by atoms with Crippen LogP contribution in [-0.2, 0) is 0 Å². The van der Waals surface area contributed by atoms with Crippen LogP contribution >= 0.6 is 22.9 Å². The Hall–Kier alpha value is -1.58. The van der Waals surface area contributed by atoms with Crippen molar-refractivity contribution >= 4 is 39.5 Å². The molecule has 0 saturated carbocycles. The lowest BCUT2D eigenvalue weighted by molar-refractivity contribution is 0.765. The second-order valence-corrected chi connectivity index (χ2v) is 6.06. The molecule has 3 rings (SSSR count). The molecular weight excluding hydrogens is 288 g/mol. The summed E-state index contributed by atoms with van der Waals surface area (Å²) in [4.78, 5) is 5.80. The fourth-order valence-electron chi connectivity index (χ4n) is 2.32. The average molecular weight is 303 g/mol. The highest BCUT2D eigenvalue weighted by Crippen LogP contribution is 2.31. The summed E-state index contributed by atoms with van der Waals surface area (Å²) in [7, 11) is 0. The third-order valence-electron chi connectivity index (χ3n) is 3.29. The van der Waals surface area contributed by atoms with Crippen LogP contribution in [0.1, 0.15) is 24.3 Å². The average Bonchev–Trinajstić information content (AvgIpc) is 2.98. The van der Waals surface area contributed by atoms with Gasteiger partial charge in [0.25, 0.3) is 0 Å². The third-order valence-corrected chi connectivity index (χ3v) is 4.50. The van der Waals surface area contributed by atoms with Gasteiger partial charge in [-0.2, -0.15) is 0 Å². The van der Waals surface area contributed by atoms with E-state index in [0.717, 1.165) is 28.0 Å². The molecule has 0 aliphatic heterocycles. The maximum Gasteiger partial charge on any atom is 0.0934 e. The van der Waals surface area contributed by atoms with E-state index in [4.69, 9.17) is 11.6 Å². The molecular formula is C16H15ClN2S. The second-order valence-electron chi connectivity index (χ2n) is 4.65. The van der Waals surface area contributed by atoms with Gasteiger partial charge in [-0.3, -0.25) is 4.98 Å². The number of halogens is 1. The number of nitrogens with zero attached hydrogens (tertiary/aromatic N) is 1. The number of aromatic nitrogens is 1. The lowest BCUT2D eigenvalue weighted by Crippen LogP contribution is -2.08. The maximum absolute atomic E-state index is 6.21. The van der Waals surface area contributed by atoms with E-state index in [1.54, 1.807) is 11.3 Å². The minimum Gasteiger partial charge on any atom is -0.376 e. The highest BCUT2D eigenvalue weighted by atomic mass is 35.5. The summed E-state index contributed by atoms with van der Waals surface area (Å²) in [6.45, 7) is 2.18. The normalized spacial score (nSPS) is 12.5. The summed E-state index contributed by atoms with van der Waals surface area (Å²) < 4.78 is 0. The molecule has 1 atom stereocenters. The van der Waals surface area contributed by atoms with E-state index in [0.29, 0.717) is 6.04 Å². The van der Waals surface area contributed by atoms with Crippen molar-refractivity contribution in [1.29, 1.82) is 0 Å². The number of hydrogen-bond donors (Lipinski definition) is 1. The topological polar surface area (TPSA) is 24.9 Å². The zero-order valence-electron chi connectivity index (χ0n) is 11.1. The highest BCUT2D eigenvalue weighted by Gasteiger charge is 2.12. The fraction of sp³-hybridized carbons (Fsp3) is 0.188. The van der Waals surface area contributed by atoms with Crippen LogP contribution in [0, 0.1) is 0 Å². The van der Waals surface area contributed by atoms with Gasteiger partial charge < -0.3 is 5.32 Å². The number of fused-ring (bicyclic) bond motifs is 1. The van der Waals surface area contributed by atoms with Crippen molar-refractivity contribution in [2.75, 3.05) is 5.32 Å². The molecule has 0 aliphatic carbocycles. The molecule has 0 radical (unpaired) electrons. The summed E-state index contributed by atoms with van der Waals surface area (Å²) in [5.41, 5.74) is 1.96. The number of anilines is 1. The van der Waals surface area contributed by atoms with Crippen LogP contribution < -0.4 is 5.32 Å². The first-order chi connectivity index (χ1) is 9.78. The molecule has 2 heterocycles. The maximum atomic E-state index is 6.21. The van der Waals surface area contributed by atoms with E-state index in [9.17, 15) is 0 Å². The molecule has 0 fully saturated rings. The van der Waals surface area contributed by atoms with Gasteiger partial charge in [-0.25, -0.2) is 0 Å². The molecule has 1 unspecified atom stereocenters. The summed E-state index contributed by atoms with van der Waals surface area (Å²) >= 11 is 7.98. The Morgan fingerprint density at radius 3 is 2.95 bits per heavy atom. The highest BCUT2D eigenvalue weighted by molar-refractivity contribution is 7.10. The SMILES string of the molecule is CCC(Nc1cc(Cl)cc2cccnc12)c1cccs1. The van der Waals surface area contributed by atoms with Crippen LogP contribution in [0.15, 0.2) is 48.0 Å². The Bertz CT molecular complexity index is 710. The molecule has 0 spiro atoms. The van der Waals surface area contributed by atoms with Gasteiger partial charge in [0.2, 0.25) is 0 Å². The first kappa shape index (κ1) is 13.4. The van der Waals surface area contributed by atoms with Crippen molar-refractivity contribution in [3.8, 4) is 0 Å². The molecule has 2 aromatic heterocycles. The van der Waals surface area contributed by atoms with Crippen molar-refractivity contribution in [3.05, 3.63) is 57.9 Å². The lowest BCUT2D eigenvalue weighted by Gasteiger charge is -2.18. The van der Waals surface area contributed by atoms with Crippen LogP contribution in [0.5, 0.6) is 0 Å². The Balaban J connectivity index is 2.01. The van der Waals surface area contributed by atoms with Gasteiger partial charge in [-0.1, -0.05) is 30.7 Å². The molecule has 4 heteroatoms. The van der Waals surface area contributed by atoms with E-state index < -0.39 is 0 Å². The quantitative estimate of drug-likeness (QED) is 0.687. The first-order valence-electron chi connectivity index (χ1n) is 6.62. The summed E-state index contributed by atoms with van der Waals surface area (Å²) in [6.07, 6.45) is 2.83. The molecule has 1 N–H and O–H groups in total. The first-order valence-corrected chi connectivity index (χ1v) is 7.88. The van der Waals surface area contributed by atoms with Gasteiger partial charge >= 0.3 is 0 Å². The van der Waals surface area contributed by atoms with Crippen molar-refractivity contribution in [2.45, 2.75) is 19.4 Å². The standard InChI is InChI=1S/C16H15ClN2S/c1-2-13(15-6-4-8-20-15)19-14-10-12(17)9-11-5-3-7-18-16(11)14/h3-10,13,19H,2H2,1H3. The minimum absolute atomic E-state index is 0.290. The molecule has 0 bridgehead atoms. The Labute approximate surface area is 127 Å². The van der Waals surface area contributed by atoms with Crippen molar-refractivity contribution in [1.82, 2.24) is 4.98 Å². The molecule has 0 amide bonds. The van der Waals surface area contributed by atoms with E-state index >= 15 is 0 Å². The largest absolute Gasteiger partial charge is 0.376 e. The van der Waals surface area contributed by atoms with Crippen LogP contribution in [-0.4, -0.2) is 4.98 Å². The Morgan fingerprint density at radius 2 is 2.20 bits per heavy atom. The number of nitrogens with one attached hydrogen (secondary N) is 1. The number of benzene rings is 1. The van der Waals surface area contributed by atoms with Crippen LogP contribution in [0.4, 0.5) is 5.69 Å². The molecule has 102 valence electrons. The van der Waals surface area contributed by atoms with Gasteiger partial charge in [0.15, 0.2) is 0 Å². The van der Waals surface area contributed by atoms with Gasteiger partial charge in [0, 0.05) is 21.5 Å². The zero-order chi connectivity index (χ0) is 13.9. The number of rotatable bonds is 4. The van der Waals surface area contributed by atoms with E-state index in [-0.39, 0.29) is 0 Å². The molecule has 0 saturated heterocycles. The van der Waals surface area contributed by atoms with Gasteiger partial charge in [-0.05, 0) is 36.1 Å². The predicted octanol–water partition coefficient (Wildman–Crippen LogP) is 5.51. The van der Waals surface area contributed by atoms with Crippen molar-refractivity contribution in [2.24, 2.45) is 0 Å². The molecule has 1 aromatic carbocycles. The van der Waals surface area contributed by atoms with E-state index in [1.165, 1.54) is 4.88 Å². The molecule has 2 nitrogen and oxygen atoms in total. The Morgan fingerprint density at radius 1 is 1.30 bits per heavy atom. The van der Waals surface area contributed by atoms with Crippen LogP contribution in [0.2, 0.25) is 5.02 Å². The molecule has 20 heavy (non-hydrogen) atoms. The monoisotopic (exact) mass is 302 g/mol. The summed E-state index contributed by atoms with van der Waals surface area (Å²) in [5.74, 6) is 0. The molecule has 3 aromatic rings.